The van der Waals surface area contributed by atoms with Crippen LogP contribution in [0.4, 0.5) is 0 Å². The van der Waals surface area contributed by atoms with Gasteiger partial charge in [-0.25, -0.2) is 13.4 Å². The van der Waals surface area contributed by atoms with Crippen molar-refractivity contribution in [1.29, 1.82) is 0 Å². The van der Waals surface area contributed by atoms with E-state index in [2.05, 4.69) is 9.97 Å². The Balaban J connectivity index is 1.82. The molecule has 0 fully saturated rings. The monoisotopic (exact) mass is 430 g/mol. The third-order valence-corrected chi connectivity index (χ3v) is 6.81. The molecule has 0 aliphatic carbocycles. The summed E-state index contributed by atoms with van der Waals surface area (Å²) in [6.45, 7) is 5.94. The largest absolute Gasteiger partial charge is 0.390 e. The number of benzene rings is 2. The first-order valence-corrected chi connectivity index (χ1v) is 11.5. The fourth-order valence-corrected chi connectivity index (χ4v) is 5.12. The third kappa shape index (κ3) is 5.26. The fourth-order valence-electron chi connectivity index (χ4n) is 3.47. The maximum Gasteiger partial charge on any atom is 0.243 e. The predicted molar refractivity (Wildman–Crippen MR) is 119 cm³/mol. The Labute approximate surface area is 178 Å². The molecule has 7 nitrogen and oxygen atoms in total. The smallest absolute Gasteiger partial charge is 0.243 e. The number of hydrogen-bond donors (Lipinski definition) is 3. The molecule has 1 aromatic heterocycles. The Kier molecular flexibility index (Phi) is 6.92. The number of nitrogens with one attached hydrogen (secondary N) is 1. The van der Waals surface area contributed by atoms with E-state index in [1.54, 1.807) is 18.2 Å². The highest BCUT2D eigenvalue weighted by Gasteiger charge is 2.29. The van der Waals surface area contributed by atoms with Crippen molar-refractivity contribution in [3.8, 4) is 0 Å². The molecule has 0 aliphatic rings. The summed E-state index contributed by atoms with van der Waals surface area (Å²) in [6.07, 6.45) is -0.520. The van der Waals surface area contributed by atoms with Crippen molar-refractivity contribution >= 4 is 21.1 Å². The molecule has 4 N–H and O–H groups in total. The van der Waals surface area contributed by atoms with Gasteiger partial charge < -0.3 is 15.8 Å². The van der Waals surface area contributed by atoms with E-state index in [1.165, 1.54) is 4.31 Å². The Hall–Kier alpha value is -2.26. The van der Waals surface area contributed by atoms with E-state index in [4.69, 9.17) is 5.73 Å². The van der Waals surface area contributed by atoms with E-state index >= 15 is 0 Å². The van der Waals surface area contributed by atoms with E-state index in [0.29, 0.717) is 17.5 Å². The van der Waals surface area contributed by atoms with Gasteiger partial charge in [-0.1, -0.05) is 44.2 Å². The summed E-state index contributed by atoms with van der Waals surface area (Å²) in [7, 11) is -3.81. The van der Waals surface area contributed by atoms with Gasteiger partial charge in [0.2, 0.25) is 10.0 Å². The number of nitrogens with zero attached hydrogens (tertiary/aromatic N) is 2. The minimum Gasteiger partial charge on any atom is -0.390 e. The van der Waals surface area contributed by atoms with Crippen molar-refractivity contribution in [3.05, 3.63) is 59.9 Å². The second-order valence-corrected chi connectivity index (χ2v) is 10.1. The standard InChI is InChI=1S/C22H30N4O3S/c1-15(2)13-26(14-22(27)19(23)11-17-7-5-4-6-8-17)30(28,29)18-9-10-20-21(12-18)25-16(3)24-20/h4-10,12,15,19,22,27H,11,13-14,23H2,1-3H3,(H,24,25). The van der Waals surface area contributed by atoms with Crippen LogP contribution < -0.4 is 5.73 Å². The number of sulfonamides is 1. The highest BCUT2D eigenvalue weighted by Crippen LogP contribution is 2.22. The summed E-state index contributed by atoms with van der Waals surface area (Å²) in [5.41, 5.74) is 8.59. The van der Waals surface area contributed by atoms with Gasteiger partial charge in [-0.15, -0.1) is 0 Å². The summed E-state index contributed by atoms with van der Waals surface area (Å²) in [6, 6.07) is 13.9. The summed E-state index contributed by atoms with van der Waals surface area (Å²) in [4.78, 5) is 7.56. The van der Waals surface area contributed by atoms with Crippen LogP contribution in [0.5, 0.6) is 0 Å². The summed E-state index contributed by atoms with van der Waals surface area (Å²) < 4.78 is 28.1. The van der Waals surface area contributed by atoms with Gasteiger partial charge in [0.1, 0.15) is 5.82 Å². The zero-order chi connectivity index (χ0) is 21.9. The maximum atomic E-state index is 13.4. The molecule has 2 atom stereocenters. The zero-order valence-electron chi connectivity index (χ0n) is 17.6. The van der Waals surface area contributed by atoms with Crippen LogP contribution in [0.3, 0.4) is 0 Å². The second-order valence-electron chi connectivity index (χ2n) is 8.14. The maximum absolute atomic E-state index is 13.4. The average Bonchev–Trinajstić information content (AvgIpc) is 3.07. The molecule has 0 radical (unpaired) electrons. The number of rotatable bonds is 9. The Morgan fingerprint density at radius 2 is 1.83 bits per heavy atom. The van der Waals surface area contributed by atoms with Gasteiger partial charge in [-0.05, 0) is 43.0 Å². The van der Waals surface area contributed by atoms with Crippen LogP contribution in [0.1, 0.15) is 25.2 Å². The van der Waals surface area contributed by atoms with Gasteiger partial charge in [-0.3, -0.25) is 0 Å². The van der Waals surface area contributed by atoms with Gasteiger partial charge in [0, 0.05) is 19.1 Å². The topological polar surface area (TPSA) is 112 Å². The molecule has 0 spiro atoms. The molecule has 1 heterocycles. The van der Waals surface area contributed by atoms with E-state index in [0.717, 1.165) is 11.4 Å². The van der Waals surface area contributed by atoms with Crippen molar-refractivity contribution in [2.24, 2.45) is 11.7 Å². The lowest BCUT2D eigenvalue weighted by atomic mass is 10.0. The van der Waals surface area contributed by atoms with Crippen LogP contribution in [-0.4, -0.2) is 53.0 Å². The van der Waals surface area contributed by atoms with Crippen molar-refractivity contribution in [2.75, 3.05) is 13.1 Å². The van der Waals surface area contributed by atoms with Gasteiger partial charge in [0.15, 0.2) is 0 Å². The first-order valence-electron chi connectivity index (χ1n) is 10.1. The van der Waals surface area contributed by atoms with E-state index in [9.17, 15) is 13.5 Å². The molecule has 2 unspecified atom stereocenters. The lowest BCUT2D eigenvalue weighted by Gasteiger charge is -2.28. The van der Waals surface area contributed by atoms with Crippen molar-refractivity contribution in [1.82, 2.24) is 14.3 Å². The highest BCUT2D eigenvalue weighted by atomic mass is 32.2. The molecule has 0 bridgehead atoms. The van der Waals surface area contributed by atoms with Crippen LogP contribution >= 0.6 is 0 Å². The Bertz CT molecular complexity index is 1080. The number of nitrogens with two attached hydrogens (primary N) is 1. The fraction of sp³-hybridized carbons (Fsp3) is 0.409. The predicted octanol–water partition coefficient (Wildman–Crippen LogP) is 2.45. The number of aromatic amines is 1. The van der Waals surface area contributed by atoms with Crippen molar-refractivity contribution in [2.45, 2.75) is 44.2 Å². The number of aliphatic hydroxyl groups excluding tert-OH is 1. The molecule has 0 saturated carbocycles. The van der Waals surface area contributed by atoms with Gasteiger partial charge in [-0.2, -0.15) is 4.31 Å². The third-order valence-electron chi connectivity index (χ3n) is 4.98. The van der Waals surface area contributed by atoms with Crippen LogP contribution in [-0.2, 0) is 16.4 Å². The van der Waals surface area contributed by atoms with Crippen LogP contribution in [0.25, 0.3) is 11.0 Å². The summed E-state index contributed by atoms with van der Waals surface area (Å²) in [5, 5.41) is 10.7. The average molecular weight is 431 g/mol. The molecule has 30 heavy (non-hydrogen) atoms. The molecule has 8 heteroatoms. The molecule has 0 amide bonds. The Morgan fingerprint density at radius 1 is 1.13 bits per heavy atom. The lowest BCUT2D eigenvalue weighted by molar-refractivity contribution is 0.116. The zero-order valence-corrected chi connectivity index (χ0v) is 18.4. The van der Waals surface area contributed by atoms with Gasteiger partial charge in [0.25, 0.3) is 0 Å². The van der Waals surface area contributed by atoms with Crippen molar-refractivity contribution < 1.29 is 13.5 Å². The summed E-state index contributed by atoms with van der Waals surface area (Å²) in [5.74, 6) is 0.816. The number of hydrogen-bond acceptors (Lipinski definition) is 5. The quantitative estimate of drug-likeness (QED) is 0.483. The molecule has 3 aromatic rings. The number of aromatic nitrogens is 2. The molecular weight excluding hydrogens is 400 g/mol. The minimum atomic E-state index is -3.81. The number of aryl methyl sites for hydroxylation is 1. The first-order chi connectivity index (χ1) is 14.2. The molecule has 3 rings (SSSR count). The number of H-pyrrole nitrogens is 1. The van der Waals surface area contributed by atoms with Crippen LogP contribution in [0.2, 0.25) is 0 Å². The summed E-state index contributed by atoms with van der Waals surface area (Å²) >= 11 is 0. The van der Waals surface area contributed by atoms with E-state index in [-0.39, 0.29) is 23.9 Å². The number of imidazole rings is 1. The number of aliphatic hydroxyl groups is 1. The SMILES string of the molecule is Cc1nc2ccc(S(=O)(=O)N(CC(C)C)CC(O)C(N)Cc3ccccc3)cc2[nH]1. The molecule has 2 aromatic carbocycles. The minimum absolute atomic E-state index is 0.0610. The van der Waals surface area contributed by atoms with Crippen LogP contribution in [0, 0.1) is 12.8 Å². The van der Waals surface area contributed by atoms with E-state index in [1.807, 2.05) is 51.1 Å². The first kappa shape index (κ1) is 22.4. The molecule has 0 aliphatic heterocycles. The lowest BCUT2D eigenvalue weighted by Crippen LogP contribution is -2.47. The van der Waals surface area contributed by atoms with Gasteiger partial charge in [0.05, 0.1) is 22.0 Å². The normalized spacial score (nSPS) is 14.5. The number of fused-ring (bicyclic) bond motifs is 1. The highest BCUT2D eigenvalue weighted by molar-refractivity contribution is 7.89. The van der Waals surface area contributed by atoms with Crippen molar-refractivity contribution in [3.63, 3.8) is 0 Å². The van der Waals surface area contributed by atoms with E-state index < -0.39 is 22.2 Å². The van der Waals surface area contributed by atoms with Crippen LogP contribution in [0.15, 0.2) is 53.4 Å². The van der Waals surface area contributed by atoms with Gasteiger partial charge >= 0.3 is 0 Å². The molecule has 0 saturated heterocycles. The second kappa shape index (κ2) is 9.26. The molecular formula is C22H30N4O3S. The molecule has 162 valence electrons. The Morgan fingerprint density at radius 3 is 2.50 bits per heavy atom.